The van der Waals surface area contributed by atoms with Gasteiger partial charge in [-0.15, -0.1) is 11.6 Å². The molecule has 6 fully saturated rings. The van der Waals surface area contributed by atoms with Gasteiger partial charge >= 0.3 is 24.2 Å². The first kappa shape index (κ1) is 113. The summed E-state index contributed by atoms with van der Waals surface area (Å²) in [7, 11) is -15.8. The fourth-order valence-corrected chi connectivity index (χ4v) is 26.4. The van der Waals surface area contributed by atoms with Crippen molar-refractivity contribution in [1.82, 2.24) is 64.2 Å². The van der Waals surface area contributed by atoms with Crippen molar-refractivity contribution in [3.63, 3.8) is 0 Å². The molecule has 0 bridgehead atoms. The molecule has 8 aromatic rings. The van der Waals surface area contributed by atoms with Crippen LogP contribution < -0.4 is 50.8 Å². The minimum atomic E-state index is -3.96. The van der Waals surface area contributed by atoms with E-state index in [-0.39, 0.29) is 141 Å². The van der Waals surface area contributed by atoms with Crippen LogP contribution in [0.1, 0.15) is 136 Å². The van der Waals surface area contributed by atoms with Crippen molar-refractivity contribution in [1.29, 1.82) is 21.0 Å². The predicted molar refractivity (Wildman–Crippen MR) is 555 cm³/mol. The number of likely N-dealkylation sites (tertiary alicyclic amines) is 2. The van der Waals surface area contributed by atoms with Crippen LogP contribution >= 0.6 is 81.5 Å². The molecule has 766 valence electrons. The van der Waals surface area contributed by atoms with Crippen molar-refractivity contribution >= 4 is 146 Å². The number of carbonyl (C=O) groups excluding carboxylic acids is 4. The van der Waals surface area contributed by atoms with E-state index in [2.05, 4.69) is 46.4 Å². The van der Waals surface area contributed by atoms with Crippen molar-refractivity contribution in [2.75, 3.05) is 129 Å². The van der Waals surface area contributed by atoms with Crippen LogP contribution in [0.15, 0.2) is 175 Å². The van der Waals surface area contributed by atoms with Crippen LogP contribution in [0.5, 0.6) is 34.5 Å². The number of nitriles is 4. The molecular formula is C99H118Cl5N17O16S6. The first-order valence-corrected chi connectivity index (χ1v) is 56.6. The summed E-state index contributed by atoms with van der Waals surface area (Å²) in [6, 6.07) is 45.0. The quantitative estimate of drug-likeness (QED) is 0.0224. The highest BCUT2D eigenvalue weighted by atomic mass is 35.5. The zero-order chi connectivity index (χ0) is 103. The van der Waals surface area contributed by atoms with Gasteiger partial charge < -0.3 is 60.6 Å². The van der Waals surface area contributed by atoms with Crippen LogP contribution in [-0.4, -0.2) is 244 Å². The smallest absolute Gasteiger partial charge is 0.410 e. The molecule has 0 aliphatic carbocycles. The summed E-state index contributed by atoms with van der Waals surface area (Å²) in [6.45, 7) is 22.5. The number of hydrogen-bond acceptors (Lipinski definition) is 24. The van der Waals surface area contributed by atoms with Gasteiger partial charge in [0, 0.05) is 170 Å². The fourth-order valence-electron chi connectivity index (χ4n) is 16.5. The number of nitrogens with one attached hydrogen (secondary N) is 7. The molecule has 0 spiro atoms. The van der Waals surface area contributed by atoms with E-state index in [1.54, 1.807) is 98.5 Å². The van der Waals surface area contributed by atoms with Crippen molar-refractivity contribution in [2.45, 2.75) is 178 Å². The van der Waals surface area contributed by atoms with Gasteiger partial charge in [0.1, 0.15) is 54.8 Å². The third-order valence-electron chi connectivity index (χ3n) is 23.6. The molecule has 143 heavy (non-hydrogen) atoms. The van der Waals surface area contributed by atoms with E-state index < -0.39 is 51.8 Å². The zero-order valence-corrected chi connectivity index (χ0v) is 89.1. The molecular weight excluding hydrogens is 2050 g/mol. The topological polar surface area (TPSA) is 441 Å². The molecule has 0 unspecified atom stereocenters. The summed E-state index contributed by atoms with van der Waals surface area (Å²) in [6.07, 6.45) is 7.08. The minimum Gasteiger partial charge on any atom is -0.456 e. The van der Waals surface area contributed by atoms with Crippen molar-refractivity contribution in [2.24, 2.45) is 0 Å². The number of carbonyl (C=O) groups is 4. The van der Waals surface area contributed by atoms with E-state index in [0.717, 1.165) is 77.9 Å². The number of amides is 7. The minimum absolute atomic E-state index is 0.0451. The summed E-state index contributed by atoms with van der Waals surface area (Å²) in [5, 5.41) is 56.6. The monoisotopic (exact) mass is 2170 g/mol. The molecule has 6 heterocycles. The first-order chi connectivity index (χ1) is 68.1. The van der Waals surface area contributed by atoms with Crippen LogP contribution in [0.25, 0.3) is 0 Å². The number of sulfonamides is 4. The molecule has 6 aliphatic rings. The Morgan fingerprint density at radius 1 is 0.413 bits per heavy atom. The second-order valence-electron chi connectivity index (χ2n) is 36.0. The summed E-state index contributed by atoms with van der Waals surface area (Å²) >= 11 is 33.3. The molecule has 7 N–H and O–H groups in total. The highest BCUT2D eigenvalue weighted by molar-refractivity contribution is 8.00. The maximum absolute atomic E-state index is 13.6. The number of benzene rings is 8. The zero-order valence-electron chi connectivity index (χ0n) is 80.4. The van der Waals surface area contributed by atoms with Gasteiger partial charge in [0.2, 0.25) is 40.1 Å². The van der Waals surface area contributed by atoms with Crippen LogP contribution in [0.3, 0.4) is 0 Å². The number of nitrogens with zero attached hydrogens (tertiary/aromatic N) is 10. The number of halogens is 5. The SMILES string of the molecule is Cc1cc(Cl)cc(Oc2ccc(C#N)cc2S(=O)(=O)N2CCC(NC(=O)NCCCl)CC2)c1.Cc1cc(Cl)cc(Oc2ccc(C#N)cc2S(=O)(=O)N2CCC(NC(=O)NCCN3CCCCC3)CC2)c1.Cc1cc(Cl)cc(Oc2ccc(C#N)cc2S(=O)(=O)N2CCC(NC(=O)NCCN3CCSCC3)CC2)c1.Cc1cc(Cl)cc(Sc2ccc(C#N)cc2S(=O)(=O)NC2CCN(C(=O)OC(C)(C)C)CC2)c1. The number of piperidine rings is 5. The van der Waals surface area contributed by atoms with E-state index in [9.17, 15) is 73.9 Å². The second-order valence-corrected chi connectivity index (χ2v) is 47.9. The lowest BCUT2D eigenvalue weighted by atomic mass is 10.1. The summed E-state index contributed by atoms with van der Waals surface area (Å²) in [5.41, 5.74) is 3.87. The maximum atomic E-state index is 13.6. The largest absolute Gasteiger partial charge is 0.456 e. The van der Waals surface area contributed by atoms with Gasteiger partial charge in [-0.2, -0.15) is 45.7 Å². The number of urea groups is 3. The van der Waals surface area contributed by atoms with Gasteiger partial charge in [-0.25, -0.2) is 57.6 Å². The summed E-state index contributed by atoms with van der Waals surface area (Å²) < 4.78 is 138. The molecule has 8 aromatic carbocycles. The van der Waals surface area contributed by atoms with Gasteiger partial charge in [-0.05, 0) is 294 Å². The van der Waals surface area contributed by atoms with Crippen LogP contribution in [0.4, 0.5) is 19.2 Å². The molecule has 0 atom stereocenters. The Kier molecular flexibility index (Phi) is 42.2. The normalized spacial score (nSPS) is 16.3. The molecule has 0 radical (unpaired) electrons. The van der Waals surface area contributed by atoms with Crippen molar-refractivity contribution in [3.05, 3.63) is 210 Å². The summed E-state index contributed by atoms with van der Waals surface area (Å²) in [4.78, 5) is 56.2. The van der Waals surface area contributed by atoms with E-state index in [1.807, 2.05) is 75.9 Å². The highest BCUT2D eigenvalue weighted by Gasteiger charge is 2.38. The molecule has 6 aliphatic heterocycles. The molecule has 7 amide bonds. The number of rotatable bonds is 28. The average Bonchev–Trinajstić information content (AvgIpc) is 0.784. The standard InChI is InChI=1S/C27H34ClN5O4S.C26H32ClN5O4S2.C24H28ClN3O4S2.C22H24Cl2N4O4S/c1-20-15-22(28)18-24(16-20)37-25-6-5-21(19-29)17-26(25)38(35,36)33-12-7-23(8-13-33)31-27(34)30-9-14-32-10-3-2-4-11-32;1-19-14-21(27)17-23(15-19)36-24-3-2-20(18-28)16-25(24)38(34,35)32-7-4-22(5-8-32)30-26(33)29-6-9-31-10-12-37-13-11-31;1-16-11-18(25)14-20(12-16)33-21-6-5-17(15-26)13-22(21)34(30,31)27-19-7-9-28(10-8-19)23(29)32-24(2,3)4;1-15-10-17(24)13-19(11-15)32-20-3-2-16(14-25)12-21(20)33(30,31)28-8-4-18(5-9-28)27-22(29)26-7-6-23/h5-6,15-18,23H,2-4,7-14H2,1H3,(H2,30,31,34);2-3,14-17,22H,4-13H2,1H3,(H2,29,30,33);5-6,11-14,19,27H,7-10H2,1-4H3;2-3,10-13,18H,4-9H2,1H3,(H2,26,27,29). The van der Waals surface area contributed by atoms with E-state index in [0.29, 0.717) is 132 Å². The fraction of sp³-hybridized carbons (Fsp3) is 0.434. The molecule has 0 saturated carbocycles. The van der Waals surface area contributed by atoms with E-state index >= 15 is 0 Å². The van der Waals surface area contributed by atoms with Gasteiger partial charge in [-0.3, -0.25) is 4.90 Å². The van der Waals surface area contributed by atoms with Crippen LogP contribution in [-0.2, 0) is 44.8 Å². The third kappa shape index (κ3) is 34.5. The van der Waals surface area contributed by atoms with Crippen molar-refractivity contribution < 1.29 is 71.8 Å². The number of alkyl halides is 1. The Hall–Kier alpha value is -10.1. The molecule has 6 saturated heterocycles. The Morgan fingerprint density at radius 2 is 0.748 bits per heavy atom. The lowest BCUT2D eigenvalue weighted by Crippen LogP contribution is -2.50. The molecule has 44 heteroatoms. The van der Waals surface area contributed by atoms with Gasteiger partial charge in [0.05, 0.1) is 51.4 Å². The van der Waals surface area contributed by atoms with Gasteiger partial charge in [0.15, 0.2) is 0 Å². The second kappa shape index (κ2) is 53.3. The Morgan fingerprint density at radius 3 is 1.10 bits per heavy atom. The van der Waals surface area contributed by atoms with E-state index in [4.69, 9.17) is 77.0 Å². The maximum Gasteiger partial charge on any atom is 0.410 e. The van der Waals surface area contributed by atoms with Gasteiger partial charge in [0.25, 0.3) is 0 Å². The molecule has 33 nitrogen and oxygen atoms in total. The lowest BCUT2D eigenvalue weighted by molar-refractivity contribution is 0.0203. The lowest BCUT2D eigenvalue weighted by Gasteiger charge is -2.33. The Balaban J connectivity index is 0.000000182. The molecule has 14 rings (SSSR count). The Bertz CT molecular complexity index is 6210. The summed E-state index contributed by atoms with van der Waals surface area (Å²) in [5.74, 6) is 4.13. The number of aryl methyl sites for hydroxylation is 4. The number of thioether (sulfide) groups is 1. The highest BCUT2D eigenvalue weighted by Crippen LogP contribution is 2.41. The first-order valence-electron chi connectivity index (χ1n) is 46.8. The van der Waals surface area contributed by atoms with Crippen molar-refractivity contribution in [3.8, 4) is 58.8 Å². The Labute approximate surface area is 871 Å². The van der Waals surface area contributed by atoms with Crippen LogP contribution in [0, 0.1) is 73.0 Å². The average molecular weight is 2170 g/mol. The van der Waals surface area contributed by atoms with Crippen LogP contribution in [0.2, 0.25) is 20.1 Å². The third-order valence-corrected chi connectivity index (χ3v) is 34.1. The van der Waals surface area contributed by atoms with Gasteiger partial charge in [-0.1, -0.05) is 64.6 Å². The van der Waals surface area contributed by atoms with E-state index in [1.165, 1.54) is 105 Å². The molecule has 0 aromatic heterocycles. The predicted octanol–water partition coefficient (Wildman–Crippen LogP) is 17.4. The number of ether oxygens (including phenoxy) is 4. The number of hydrogen-bond donors (Lipinski definition) is 7.